The summed E-state index contributed by atoms with van der Waals surface area (Å²) in [5.74, 6) is -0.152. The molecule has 0 aromatic carbocycles. The van der Waals surface area contributed by atoms with Gasteiger partial charge in [0.25, 0.3) is 0 Å². The number of hydrogen-bond donors (Lipinski definition) is 1. The second kappa shape index (κ2) is 12.8. The van der Waals surface area contributed by atoms with Gasteiger partial charge in [-0.25, -0.2) is 0 Å². The summed E-state index contributed by atoms with van der Waals surface area (Å²) in [5.41, 5.74) is 0. The number of carbonyl (C=O) groups is 1. The molecule has 0 aromatic heterocycles. The van der Waals surface area contributed by atoms with E-state index >= 15 is 0 Å². The largest absolute Gasteiger partial charge is 0.463 e. The Bertz CT molecular complexity index is 197. The van der Waals surface area contributed by atoms with Crippen molar-refractivity contribution < 1.29 is 19.0 Å². The zero-order chi connectivity index (χ0) is 13.6. The van der Waals surface area contributed by atoms with Crippen molar-refractivity contribution in [3.8, 4) is 0 Å². The van der Waals surface area contributed by atoms with E-state index in [1.807, 2.05) is 0 Å². The van der Waals surface area contributed by atoms with Gasteiger partial charge in [-0.2, -0.15) is 0 Å². The lowest BCUT2D eigenvalue weighted by Gasteiger charge is -2.08. The molecule has 0 amide bonds. The first-order valence-electron chi connectivity index (χ1n) is 6.62. The van der Waals surface area contributed by atoms with Gasteiger partial charge in [0.2, 0.25) is 0 Å². The maximum absolute atomic E-state index is 11.3. The van der Waals surface area contributed by atoms with Gasteiger partial charge < -0.3 is 19.5 Å². The van der Waals surface area contributed by atoms with Gasteiger partial charge in [-0.05, 0) is 19.4 Å². The normalized spacial score (nSPS) is 10.9. The summed E-state index contributed by atoms with van der Waals surface area (Å²) in [7, 11) is 1.66. The number of rotatable bonds is 12. The molecule has 0 rings (SSSR count). The van der Waals surface area contributed by atoms with E-state index in [-0.39, 0.29) is 5.97 Å². The SMILES string of the molecule is COCCCOCCOC(=O)CCCNC(C)C. The topological polar surface area (TPSA) is 56.8 Å². The average molecular weight is 261 g/mol. The second-order valence-corrected chi connectivity index (χ2v) is 4.39. The van der Waals surface area contributed by atoms with Gasteiger partial charge in [0.15, 0.2) is 0 Å². The molecule has 0 fully saturated rings. The molecule has 1 N–H and O–H groups in total. The number of methoxy groups -OCH3 is 1. The fourth-order valence-electron chi connectivity index (χ4n) is 1.32. The van der Waals surface area contributed by atoms with Crippen molar-refractivity contribution in [3.05, 3.63) is 0 Å². The van der Waals surface area contributed by atoms with E-state index in [4.69, 9.17) is 14.2 Å². The lowest BCUT2D eigenvalue weighted by atomic mass is 10.3. The molecule has 5 heteroatoms. The molecule has 0 aliphatic heterocycles. The molecule has 0 bridgehead atoms. The third-order valence-corrected chi connectivity index (χ3v) is 2.24. The summed E-state index contributed by atoms with van der Waals surface area (Å²) in [6.07, 6.45) is 2.14. The lowest BCUT2D eigenvalue weighted by Crippen LogP contribution is -2.24. The van der Waals surface area contributed by atoms with Crippen LogP contribution in [0.2, 0.25) is 0 Å². The van der Waals surface area contributed by atoms with Crippen LogP contribution in [0.3, 0.4) is 0 Å². The maximum Gasteiger partial charge on any atom is 0.305 e. The van der Waals surface area contributed by atoms with Crippen molar-refractivity contribution in [3.63, 3.8) is 0 Å². The van der Waals surface area contributed by atoms with E-state index in [0.717, 1.165) is 19.4 Å². The Morgan fingerprint density at radius 2 is 1.89 bits per heavy atom. The lowest BCUT2D eigenvalue weighted by molar-refractivity contribution is -0.145. The molecule has 108 valence electrons. The molecule has 0 radical (unpaired) electrons. The number of hydrogen-bond acceptors (Lipinski definition) is 5. The van der Waals surface area contributed by atoms with Crippen molar-refractivity contribution in [1.29, 1.82) is 0 Å². The first kappa shape index (κ1) is 17.4. The summed E-state index contributed by atoms with van der Waals surface area (Å²) in [5, 5.41) is 3.25. The van der Waals surface area contributed by atoms with E-state index in [0.29, 0.717) is 38.9 Å². The first-order chi connectivity index (χ1) is 8.66. The summed E-state index contributed by atoms with van der Waals surface area (Å²) in [6, 6.07) is 0.460. The Hall–Kier alpha value is -0.650. The molecule has 0 aliphatic rings. The summed E-state index contributed by atoms with van der Waals surface area (Å²) < 4.78 is 15.2. The monoisotopic (exact) mass is 261 g/mol. The molecule has 0 heterocycles. The van der Waals surface area contributed by atoms with Crippen molar-refractivity contribution >= 4 is 5.97 Å². The number of esters is 1. The van der Waals surface area contributed by atoms with Crippen LogP contribution >= 0.6 is 0 Å². The van der Waals surface area contributed by atoms with Crippen molar-refractivity contribution in [2.45, 2.75) is 39.2 Å². The minimum Gasteiger partial charge on any atom is -0.463 e. The Balaban J connectivity index is 3.17. The fraction of sp³-hybridized carbons (Fsp3) is 0.923. The zero-order valence-electron chi connectivity index (χ0n) is 11.9. The predicted octanol–water partition coefficient (Wildman–Crippen LogP) is 1.36. The Kier molecular flexibility index (Phi) is 12.3. The van der Waals surface area contributed by atoms with Crippen LogP contribution in [0.4, 0.5) is 0 Å². The Morgan fingerprint density at radius 3 is 2.56 bits per heavy atom. The minimum atomic E-state index is -0.152. The van der Waals surface area contributed by atoms with Gasteiger partial charge in [-0.1, -0.05) is 13.8 Å². The quantitative estimate of drug-likeness (QED) is 0.424. The number of ether oxygens (including phenoxy) is 3. The fourth-order valence-corrected chi connectivity index (χ4v) is 1.32. The molecule has 0 saturated heterocycles. The average Bonchev–Trinajstić information content (AvgIpc) is 2.33. The van der Waals surface area contributed by atoms with Crippen LogP contribution in [-0.2, 0) is 19.0 Å². The predicted molar refractivity (Wildman–Crippen MR) is 70.6 cm³/mol. The van der Waals surface area contributed by atoms with Crippen molar-refractivity contribution in [2.24, 2.45) is 0 Å². The van der Waals surface area contributed by atoms with E-state index < -0.39 is 0 Å². The van der Waals surface area contributed by atoms with Gasteiger partial charge in [0.05, 0.1) is 6.61 Å². The molecule has 0 atom stereocenters. The van der Waals surface area contributed by atoms with Crippen LogP contribution in [0.15, 0.2) is 0 Å². The highest BCUT2D eigenvalue weighted by atomic mass is 16.6. The summed E-state index contributed by atoms with van der Waals surface area (Å²) in [6.45, 7) is 7.15. The summed E-state index contributed by atoms with van der Waals surface area (Å²) >= 11 is 0. The number of carbonyl (C=O) groups excluding carboxylic acids is 1. The highest BCUT2D eigenvalue weighted by molar-refractivity contribution is 5.69. The third-order valence-electron chi connectivity index (χ3n) is 2.24. The molecule has 18 heavy (non-hydrogen) atoms. The molecule has 0 saturated carbocycles. The summed E-state index contributed by atoms with van der Waals surface area (Å²) in [4.78, 5) is 11.3. The van der Waals surface area contributed by atoms with Crippen LogP contribution in [0.1, 0.15) is 33.1 Å². The Labute approximate surface area is 110 Å². The van der Waals surface area contributed by atoms with Gasteiger partial charge in [0.1, 0.15) is 6.61 Å². The van der Waals surface area contributed by atoms with E-state index in [9.17, 15) is 4.79 Å². The van der Waals surface area contributed by atoms with Gasteiger partial charge in [-0.3, -0.25) is 4.79 Å². The van der Waals surface area contributed by atoms with Crippen LogP contribution in [0, 0.1) is 0 Å². The maximum atomic E-state index is 11.3. The molecule has 0 spiro atoms. The van der Waals surface area contributed by atoms with Gasteiger partial charge in [-0.15, -0.1) is 0 Å². The van der Waals surface area contributed by atoms with Crippen molar-refractivity contribution in [2.75, 3.05) is 40.1 Å². The molecular weight excluding hydrogens is 234 g/mol. The highest BCUT2D eigenvalue weighted by Gasteiger charge is 2.02. The van der Waals surface area contributed by atoms with E-state index in [2.05, 4.69) is 19.2 Å². The van der Waals surface area contributed by atoms with Crippen LogP contribution < -0.4 is 5.32 Å². The molecule has 0 aromatic rings. The van der Waals surface area contributed by atoms with Crippen LogP contribution in [0.5, 0.6) is 0 Å². The van der Waals surface area contributed by atoms with Crippen LogP contribution in [0.25, 0.3) is 0 Å². The highest BCUT2D eigenvalue weighted by Crippen LogP contribution is 1.93. The van der Waals surface area contributed by atoms with Crippen molar-refractivity contribution in [1.82, 2.24) is 5.32 Å². The second-order valence-electron chi connectivity index (χ2n) is 4.39. The molecule has 0 aliphatic carbocycles. The zero-order valence-corrected chi connectivity index (χ0v) is 11.9. The minimum absolute atomic E-state index is 0.152. The Morgan fingerprint density at radius 1 is 1.11 bits per heavy atom. The molecule has 5 nitrogen and oxygen atoms in total. The van der Waals surface area contributed by atoms with E-state index in [1.54, 1.807) is 7.11 Å². The van der Waals surface area contributed by atoms with E-state index in [1.165, 1.54) is 0 Å². The van der Waals surface area contributed by atoms with Gasteiger partial charge >= 0.3 is 5.97 Å². The van der Waals surface area contributed by atoms with Crippen LogP contribution in [-0.4, -0.2) is 52.1 Å². The first-order valence-corrected chi connectivity index (χ1v) is 6.62. The molecular formula is C13H27NO4. The number of nitrogens with one attached hydrogen (secondary N) is 1. The smallest absolute Gasteiger partial charge is 0.305 e. The molecule has 0 unspecified atom stereocenters. The van der Waals surface area contributed by atoms with Gasteiger partial charge in [0, 0.05) is 32.8 Å². The third kappa shape index (κ3) is 13.4. The standard InChI is InChI=1S/C13H27NO4/c1-12(2)14-7-4-6-13(15)18-11-10-17-9-5-8-16-3/h12,14H,4-11H2,1-3H3.